The summed E-state index contributed by atoms with van der Waals surface area (Å²) in [5, 5.41) is 2.65. The van der Waals surface area contributed by atoms with Gasteiger partial charge in [-0.25, -0.2) is 0 Å². The Kier molecular flexibility index (Phi) is 1.47. The van der Waals surface area contributed by atoms with Crippen LogP contribution in [0.15, 0.2) is 0 Å². The summed E-state index contributed by atoms with van der Waals surface area (Å²) >= 11 is 6.48. The predicted octanol–water partition coefficient (Wildman–Crippen LogP) is 1.51. The van der Waals surface area contributed by atoms with Crippen molar-refractivity contribution < 1.29 is 0 Å². The monoisotopic (exact) mass is 191 g/mol. The van der Waals surface area contributed by atoms with Crippen LogP contribution in [0, 0.1) is 0 Å². The Morgan fingerprint density at radius 1 is 0.800 bits per heavy atom. The molecule has 0 aromatic heterocycles. The van der Waals surface area contributed by atoms with Gasteiger partial charge in [-0.05, 0) is 0 Å². The normalized spacial score (nSPS) is 52.2. The van der Waals surface area contributed by atoms with Crippen LogP contribution in [0.25, 0.3) is 0 Å². The number of nitrogens with zero attached hydrogens (tertiary/aromatic N) is 1. The Morgan fingerprint density at radius 3 is 1.60 bits per heavy atom. The van der Waals surface area contributed by atoms with E-state index in [0.717, 1.165) is 16.1 Å². The molecule has 4 heteroatoms. The summed E-state index contributed by atoms with van der Waals surface area (Å²) in [7, 11) is 0. The largest absolute Gasteiger partial charge is 0.265 e. The molecule has 10 heavy (non-hydrogen) atoms. The first-order valence-corrected chi connectivity index (χ1v) is 6.72. The molecule has 0 aromatic rings. The van der Waals surface area contributed by atoms with Crippen molar-refractivity contribution in [3.63, 3.8) is 0 Å². The van der Waals surface area contributed by atoms with Crippen LogP contribution in [0.3, 0.4) is 0 Å². The van der Waals surface area contributed by atoms with Crippen LogP contribution in [-0.4, -0.2) is 38.3 Å². The maximum Gasteiger partial charge on any atom is 0.0670 e. The van der Waals surface area contributed by atoms with Crippen molar-refractivity contribution in [3.05, 3.63) is 0 Å². The van der Waals surface area contributed by atoms with E-state index >= 15 is 0 Å². The molecule has 56 valence electrons. The van der Waals surface area contributed by atoms with Crippen LogP contribution in [0.5, 0.6) is 0 Å². The van der Waals surface area contributed by atoms with E-state index in [1.807, 2.05) is 0 Å². The zero-order valence-electron chi connectivity index (χ0n) is 5.53. The third kappa shape index (κ3) is 0.737. The summed E-state index contributed by atoms with van der Waals surface area (Å²) in [6.07, 6.45) is 0. The molecule has 0 amide bonds. The summed E-state index contributed by atoms with van der Waals surface area (Å²) in [4.78, 5) is 2.72. The molecule has 3 heterocycles. The van der Waals surface area contributed by atoms with E-state index in [0.29, 0.717) is 0 Å². The third-order valence-corrected chi connectivity index (χ3v) is 6.83. The maximum absolute atomic E-state index is 2.72. The average Bonchev–Trinajstić information content (AvgIpc) is 2.56. The van der Waals surface area contributed by atoms with Crippen LogP contribution in [0.4, 0.5) is 0 Å². The zero-order chi connectivity index (χ0) is 6.55. The van der Waals surface area contributed by atoms with E-state index in [2.05, 4.69) is 40.2 Å². The minimum atomic E-state index is 0.884. The second kappa shape index (κ2) is 2.25. The van der Waals surface area contributed by atoms with E-state index < -0.39 is 0 Å². The van der Waals surface area contributed by atoms with Gasteiger partial charge in [0.05, 0.1) is 16.1 Å². The summed E-state index contributed by atoms with van der Waals surface area (Å²) in [6, 6.07) is 0. The lowest BCUT2D eigenvalue weighted by Gasteiger charge is -2.16. The highest BCUT2D eigenvalue weighted by Crippen LogP contribution is 2.50. The summed E-state index contributed by atoms with van der Waals surface area (Å²) in [6.45, 7) is 0. The standard InChI is InChI=1S/C6H9NS3/c1-4-7-5(8-1)2-10-6(7)3-9-4/h4-6H,1-3H2. The fourth-order valence-electron chi connectivity index (χ4n) is 1.80. The molecule has 0 spiro atoms. The van der Waals surface area contributed by atoms with Crippen molar-refractivity contribution in [1.29, 1.82) is 0 Å². The Labute approximate surface area is 73.7 Å². The van der Waals surface area contributed by atoms with Crippen LogP contribution in [0.1, 0.15) is 0 Å². The molecule has 3 rings (SSSR count). The van der Waals surface area contributed by atoms with Gasteiger partial charge in [0.1, 0.15) is 0 Å². The Hall–Kier alpha value is 1.01. The average molecular weight is 191 g/mol. The Bertz CT molecular complexity index is 123. The van der Waals surface area contributed by atoms with Gasteiger partial charge in [0.2, 0.25) is 0 Å². The second-order valence-corrected chi connectivity index (χ2v) is 6.44. The van der Waals surface area contributed by atoms with Gasteiger partial charge in [-0.1, -0.05) is 0 Å². The van der Waals surface area contributed by atoms with Gasteiger partial charge in [-0.2, -0.15) is 0 Å². The van der Waals surface area contributed by atoms with Crippen molar-refractivity contribution in [1.82, 2.24) is 4.90 Å². The number of thioether (sulfide) groups is 3. The van der Waals surface area contributed by atoms with Crippen molar-refractivity contribution in [2.24, 2.45) is 0 Å². The maximum atomic E-state index is 2.72. The van der Waals surface area contributed by atoms with Crippen molar-refractivity contribution in [2.75, 3.05) is 17.3 Å². The SMILES string of the molecule is C1SC2CSC3CSC1N32. The van der Waals surface area contributed by atoms with Gasteiger partial charge in [-0.3, -0.25) is 4.90 Å². The smallest absolute Gasteiger partial charge is 0.0670 e. The van der Waals surface area contributed by atoms with E-state index in [-0.39, 0.29) is 0 Å². The summed E-state index contributed by atoms with van der Waals surface area (Å²) in [5.41, 5.74) is 0. The minimum absolute atomic E-state index is 0.884. The summed E-state index contributed by atoms with van der Waals surface area (Å²) < 4.78 is 0. The first-order chi connectivity index (χ1) is 4.95. The van der Waals surface area contributed by atoms with Crippen LogP contribution < -0.4 is 0 Å². The third-order valence-electron chi connectivity index (χ3n) is 2.29. The van der Waals surface area contributed by atoms with Gasteiger partial charge in [-0.15, -0.1) is 35.3 Å². The van der Waals surface area contributed by atoms with Crippen LogP contribution in [-0.2, 0) is 0 Å². The fourth-order valence-corrected chi connectivity index (χ4v) is 6.96. The van der Waals surface area contributed by atoms with E-state index in [1.165, 1.54) is 17.3 Å². The molecular weight excluding hydrogens is 182 g/mol. The Morgan fingerprint density at radius 2 is 1.20 bits per heavy atom. The van der Waals surface area contributed by atoms with E-state index in [4.69, 9.17) is 0 Å². The van der Waals surface area contributed by atoms with Crippen molar-refractivity contribution in [2.45, 2.75) is 16.1 Å². The first-order valence-electron chi connectivity index (χ1n) is 3.57. The lowest BCUT2D eigenvalue weighted by atomic mass is 10.5. The van der Waals surface area contributed by atoms with Crippen molar-refractivity contribution >= 4 is 35.3 Å². The van der Waals surface area contributed by atoms with Crippen LogP contribution >= 0.6 is 35.3 Å². The van der Waals surface area contributed by atoms with Gasteiger partial charge >= 0.3 is 0 Å². The second-order valence-electron chi connectivity index (χ2n) is 2.81. The molecule has 3 aliphatic heterocycles. The first kappa shape index (κ1) is 6.52. The molecule has 3 atom stereocenters. The number of rotatable bonds is 0. The van der Waals surface area contributed by atoms with Crippen molar-refractivity contribution in [3.8, 4) is 0 Å². The van der Waals surface area contributed by atoms with E-state index in [1.54, 1.807) is 0 Å². The summed E-state index contributed by atoms with van der Waals surface area (Å²) in [5.74, 6) is 4.14. The predicted molar refractivity (Wildman–Crippen MR) is 50.6 cm³/mol. The molecule has 3 saturated heterocycles. The minimum Gasteiger partial charge on any atom is -0.265 e. The highest BCUT2D eigenvalue weighted by atomic mass is 32.2. The van der Waals surface area contributed by atoms with Gasteiger partial charge in [0.15, 0.2) is 0 Å². The van der Waals surface area contributed by atoms with Gasteiger partial charge < -0.3 is 0 Å². The van der Waals surface area contributed by atoms with Gasteiger partial charge in [0.25, 0.3) is 0 Å². The topological polar surface area (TPSA) is 3.24 Å². The molecule has 3 fully saturated rings. The molecule has 0 aliphatic carbocycles. The zero-order valence-corrected chi connectivity index (χ0v) is 7.97. The van der Waals surface area contributed by atoms with Gasteiger partial charge in [0, 0.05) is 17.3 Å². The molecule has 0 radical (unpaired) electrons. The number of hydrogen-bond donors (Lipinski definition) is 0. The number of hydrogen-bond acceptors (Lipinski definition) is 4. The fraction of sp³-hybridized carbons (Fsp3) is 1.00. The molecule has 0 aromatic carbocycles. The highest BCUT2D eigenvalue weighted by Gasteiger charge is 2.48. The molecule has 0 saturated carbocycles. The molecule has 0 N–H and O–H groups in total. The molecule has 1 nitrogen and oxygen atoms in total. The van der Waals surface area contributed by atoms with Crippen LogP contribution in [0.2, 0.25) is 0 Å². The molecule has 3 unspecified atom stereocenters. The lowest BCUT2D eigenvalue weighted by molar-refractivity contribution is 0.311. The lowest BCUT2D eigenvalue weighted by Crippen LogP contribution is -2.30. The Balaban J connectivity index is 1.94. The van der Waals surface area contributed by atoms with E-state index in [9.17, 15) is 0 Å². The molecule has 0 bridgehead atoms. The molecular formula is C6H9NS3. The quantitative estimate of drug-likeness (QED) is 0.570. The molecule has 3 aliphatic rings. The highest BCUT2D eigenvalue weighted by molar-refractivity contribution is 8.08.